The first-order valence-corrected chi connectivity index (χ1v) is 10.6. The minimum absolute atomic E-state index is 0.0106. The molecular weight excluding hydrogens is 492 g/mol. The number of methoxy groups -OCH3 is 1. The smallest absolute Gasteiger partial charge is 0.373 e. The summed E-state index contributed by atoms with van der Waals surface area (Å²) in [5.74, 6) is -0.414. The van der Waals surface area contributed by atoms with Gasteiger partial charge < -0.3 is 19.2 Å². The minimum atomic E-state index is -0.646. The average molecular weight is 512 g/mol. The summed E-state index contributed by atoms with van der Waals surface area (Å²) >= 11 is 9.78. The van der Waals surface area contributed by atoms with E-state index in [-0.39, 0.29) is 29.9 Å². The van der Waals surface area contributed by atoms with Gasteiger partial charge in [0, 0.05) is 0 Å². The maximum absolute atomic E-state index is 12.7. The van der Waals surface area contributed by atoms with E-state index in [9.17, 15) is 14.4 Å². The molecule has 1 atom stereocenters. The second-order valence-electron chi connectivity index (χ2n) is 6.79. The zero-order valence-electron chi connectivity index (χ0n) is 17.0. The first kappa shape index (κ1) is 22.9. The summed E-state index contributed by atoms with van der Waals surface area (Å²) in [6, 6.07) is 5.71. The largest absolute Gasteiger partial charge is 0.488 e. The number of esters is 1. The van der Waals surface area contributed by atoms with Gasteiger partial charge in [0.2, 0.25) is 5.76 Å². The van der Waals surface area contributed by atoms with E-state index < -0.39 is 17.9 Å². The lowest BCUT2D eigenvalue weighted by atomic mass is 10.1. The predicted octanol–water partition coefficient (Wildman–Crippen LogP) is 4.75. The zero-order chi connectivity index (χ0) is 22.7. The standard InChI is InChI=1S/C21H20BrClN2O6/c1-4-11(2)30-18-14(22)7-12(8-15(18)23)9-16-19(26)25(21(28)24-16)10-13-5-6-17(31-13)20(27)29-3/h5-9,11H,4,10H2,1-3H3,(H,24,28)/b16-9-/t11-/m0/s1. The van der Waals surface area contributed by atoms with Gasteiger partial charge in [-0.05, 0) is 65.2 Å². The van der Waals surface area contributed by atoms with Crippen molar-refractivity contribution in [3.05, 3.63) is 56.5 Å². The lowest BCUT2D eigenvalue weighted by Gasteiger charge is -2.16. The molecule has 0 unspecified atom stereocenters. The van der Waals surface area contributed by atoms with Crippen LogP contribution in [0.2, 0.25) is 5.02 Å². The fourth-order valence-corrected chi connectivity index (χ4v) is 3.73. The molecule has 0 radical (unpaired) electrons. The highest BCUT2D eigenvalue weighted by atomic mass is 79.9. The van der Waals surface area contributed by atoms with Crippen LogP contribution in [0.15, 0.2) is 38.9 Å². The van der Waals surface area contributed by atoms with Crippen LogP contribution in [0.3, 0.4) is 0 Å². The number of hydrogen-bond donors (Lipinski definition) is 1. The lowest BCUT2D eigenvalue weighted by molar-refractivity contribution is -0.123. The van der Waals surface area contributed by atoms with Crippen molar-refractivity contribution in [2.75, 3.05) is 7.11 Å². The molecule has 1 aromatic heterocycles. The first-order chi connectivity index (χ1) is 14.7. The summed E-state index contributed by atoms with van der Waals surface area (Å²) < 4.78 is 16.3. The number of carbonyl (C=O) groups is 3. The molecule has 8 nitrogen and oxygen atoms in total. The summed E-state index contributed by atoms with van der Waals surface area (Å²) in [4.78, 5) is 37.5. The normalized spacial score (nSPS) is 15.9. The summed E-state index contributed by atoms with van der Waals surface area (Å²) in [5, 5.41) is 2.91. The topological polar surface area (TPSA) is 98.1 Å². The molecule has 0 bridgehead atoms. The van der Waals surface area contributed by atoms with E-state index in [4.69, 9.17) is 20.8 Å². The molecule has 3 amide bonds. The van der Waals surface area contributed by atoms with E-state index in [0.29, 0.717) is 20.8 Å². The van der Waals surface area contributed by atoms with E-state index in [2.05, 4.69) is 26.0 Å². The first-order valence-electron chi connectivity index (χ1n) is 9.40. The van der Waals surface area contributed by atoms with Gasteiger partial charge in [0.25, 0.3) is 5.91 Å². The molecule has 0 spiro atoms. The van der Waals surface area contributed by atoms with Crippen LogP contribution in [-0.2, 0) is 16.1 Å². The van der Waals surface area contributed by atoms with Gasteiger partial charge in [-0.1, -0.05) is 18.5 Å². The monoisotopic (exact) mass is 510 g/mol. The van der Waals surface area contributed by atoms with Gasteiger partial charge in [0.1, 0.15) is 11.5 Å². The molecule has 10 heteroatoms. The van der Waals surface area contributed by atoms with Gasteiger partial charge in [-0.3, -0.25) is 9.69 Å². The number of carbonyl (C=O) groups excluding carboxylic acids is 3. The van der Waals surface area contributed by atoms with Crippen LogP contribution >= 0.6 is 27.5 Å². The fourth-order valence-electron chi connectivity index (χ4n) is 2.77. The van der Waals surface area contributed by atoms with Crippen LogP contribution in [-0.4, -0.2) is 36.0 Å². The average Bonchev–Trinajstić information content (AvgIpc) is 3.30. The number of halogens is 2. The van der Waals surface area contributed by atoms with E-state index in [1.165, 1.54) is 25.3 Å². The van der Waals surface area contributed by atoms with E-state index in [0.717, 1.165) is 11.3 Å². The maximum Gasteiger partial charge on any atom is 0.373 e. The van der Waals surface area contributed by atoms with Gasteiger partial charge in [-0.25, -0.2) is 9.59 Å². The quantitative estimate of drug-likeness (QED) is 0.327. The highest BCUT2D eigenvalue weighted by Gasteiger charge is 2.34. The Hall–Kier alpha value is -2.78. The van der Waals surface area contributed by atoms with Crippen molar-refractivity contribution in [3.8, 4) is 5.75 Å². The van der Waals surface area contributed by atoms with E-state index in [1.807, 2.05) is 13.8 Å². The molecule has 1 saturated heterocycles. The molecule has 2 aromatic rings. The van der Waals surface area contributed by atoms with Crippen molar-refractivity contribution in [3.63, 3.8) is 0 Å². The van der Waals surface area contributed by atoms with E-state index >= 15 is 0 Å². The van der Waals surface area contributed by atoms with Gasteiger partial charge in [0.05, 0.1) is 29.3 Å². The zero-order valence-corrected chi connectivity index (χ0v) is 19.4. The number of imide groups is 1. The number of nitrogens with one attached hydrogen (secondary N) is 1. The molecule has 0 saturated carbocycles. The van der Waals surface area contributed by atoms with Crippen molar-refractivity contribution >= 4 is 51.5 Å². The fraction of sp³-hybridized carbons (Fsp3) is 0.286. The molecule has 2 heterocycles. The number of furan rings is 1. The lowest BCUT2D eigenvalue weighted by Crippen LogP contribution is -2.30. The Kier molecular flexibility index (Phi) is 7.07. The van der Waals surface area contributed by atoms with Crippen LogP contribution in [0.1, 0.15) is 42.1 Å². The number of nitrogens with zero attached hydrogens (tertiary/aromatic N) is 1. The predicted molar refractivity (Wildman–Crippen MR) is 117 cm³/mol. The number of hydrogen-bond acceptors (Lipinski definition) is 6. The third-order valence-corrected chi connectivity index (χ3v) is 5.42. The van der Waals surface area contributed by atoms with Gasteiger partial charge >= 0.3 is 12.0 Å². The molecule has 1 aliphatic rings. The van der Waals surface area contributed by atoms with E-state index in [1.54, 1.807) is 12.1 Å². The van der Waals surface area contributed by atoms with Crippen molar-refractivity contribution in [2.45, 2.75) is 32.9 Å². The number of ether oxygens (including phenoxy) is 2. The van der Waals surface area contributed by atoms with Crippen LogP contribution in [0, 0.1) is 0 Å². The molecular formula is C21H20BrClN2O6. The van der Waals surface area contributed by atoms with Crippen molar-refractivity contribution < 1.29 is 28.3 Å². The Bertz CT molecular complexity index is 1040. The molecule has 31 heavy (non-hydrogen) atoms. The van der Waals surface area contributed by atoms with Crippen molar-refractivity contribution in [1.29, 1.82) is 0 Å². The molecule has 1 fully saturated rings. The maximum atomic E-state index is 12.7. The molecule has 164 valence electrons. The van der Waals surface area contributed by atoms with Gasteiger partial charge in [-0.2, -0.15) is 0 Å². The van der Waals surface area contributed by atoms with Gasteiger partial charge in [-0.15, -0.1) is 0 Å². The summed E-state index contributed by atoms with van der Waals surface area (Å²) in [7, 11) is 1.23. The van der Waals surface area contributed by atoms with Crippen LogP contribution in [0.5, 0.6) is 5.75 Å². The number of benzene rings is 1. The number of amides is 3. The second kappa shape index (κ2) is 9.57. The third kappa shape index (κ3) is 5.11. The Morgan fingerprint density at radius 3 is 2.74 bits per heavy atom. The highest BCUT2D eigenvalue weighted by molar-refractivity contribution is 9.10. The SMILES string of the molecule is CC[C@H](C)Oc1c(Cl)cc(/C=C2\NC(=O)N(Cc3ccc(C(=O)OC)o3)C2=O)cc1Br. The van der Waals surface area contributed by atoms with Crippen molar-refractivity contribution in [2.24, 2.45) is 0 Å². The molecule has 1 N–H and O–H groups in total. The van der Waals surface area contributed by atoms with Crippen LogP contribution in [0.25, 0.3) is 6.08 Å². The summed E-state index contributed by atoms with van der Waals surface area (Å²) in [5.41, 5.74) is 0.688. The molecule has 1 aliphatic heterocycles. The Morgan fingerprint density at radius 2 is 2.10 bits per heavy atom. The molecule has 1 aromatic carbocycles. The summed E-state index contributed by atoms with van der Waals surface area (Å²) in [6.07, 6.45) is 2.33. The number of urea groups is 1. The number of rotatable bonds is 7. The minimum Gasteiger partial charge on any atom is -0.488 e. The van der Waals surface area contributed by atoms with Gasteiger partial charge in [0.15, 0.2) is 5.75 Å². The Labute approximate surface area is 192 Å². The highest BCUT2D eigenvalue weighted by Crippen LogP contribution is 2.36. The van der Waals surface area contributed by atoms with Crippen molar-refractivity contribution in [1.82, 2.24) is 10.2 Å². The second-order valence-corrected chi connectivity index (χ2v) is 8.05. The third-order valence-electron chi connectivity index (χ3n) is 4.55. The van der Waals surface area contributed by atoms with Crippen LogP contribution in [0.4, 0.5) is 4.79 Å². The molecule has 0 aliphatic carbocycles. The van der Waals surface area contributed by atoms with Crippen LogP contribution < -0.4 is 10.1 Å². The Balaban J connectivity index is 1.78. The Morgan fingerprint density at radius 1 is 1.35 bits per heavy atom. The summed E-state index contributed by atoms with van der Waals surface area (Å²) in [6.45, 7) is 3.81. The molecule has 3 rings (SSSR count).